The molecule has 0 bridgehead atoms. The largest absolute Gasteiger partial charge is 0.493 e. The Morgan fingerprint density at radius 1 is 1.00 bits per heavy atom. The van der Waals surface area contributed by atoms with Crippen molar-refractivity contribution in [1.82, 2.24) is 9.80 Å². The van der Waals surface area contributed by atoms with Gasteiger partial charge >= 0.3 is 0 Å². The second-order valence-corrected chi connectivity index (χ2v) is 8.17. The SMILES string of the molecule is COc1cc(CN2CCCCCC2)ccc1OC[C@@H](O)CN1CCC(O)CC1. The summed E-state index contributed by atoms with van der Waals surface area (Å²) in [6.07, 6.45) is 6.05. The Bertz CT molecular complexity index is 582. The van der Waals surface area contributed by atoms with E-state index in [4.69, 9.17) is 9.47 Å². The van der Waals surface area contributed by atoms with E-state index in [-0.39, 0.29) is 12.7 Å². The molecule has 158 valence electrons. The Morgan fingerprint density at radius 3 is 2.39 bits per heavy atom. The Hall–Kier alpha value is -1.34. The molecule has 0 spiro atoms. The van der Waals surface area contributed by atoms with Crippen molar-refractivity contribution in [2.45, 2.75) is 57.3 Å². The molecule has 28 heavy (non-hydrogen) atoms. The van der Waals surface area contributed by atoms with Crippen LogP contribution in [0.15, 0.2) is 18.2 Å². The van der Waals surface area contributed by atoms with Gasteiger partial charge in [0.25, 0.3) is 0 Å². The fraction of sp³-hybridized carbons (Fsp3) is 0.727. The highest BCUT2D eigenvalue weighted by molar-refractivity contribution is 5.43. The zero-order valence-corrected chi connectivity index (χ0v) is 17.2. The minimum absolute atomic E-state index is 0.193. The normalized spacial score (nSPS) is 21.2. The molecule has 0 aliphatic carbocycles. The highest BCUT2D eigenvalue weighted by Gasteiger charge is 2.20. The number of likely N-dealkylation sites (tertiary alicyclic amines) is 2. The lowest BCUT2D eigenvalue weighted by Gasteiger charge is -2.30. The monoisotopic (exact) mass is 392 g/mol. The number of hydrogen-bond donors (Lipinski definition) is 2. The topological polar surface area (TPSA) is 65.4 Å². The molecule has 0 unspecified atom stereocenters. The summed E-state index contributed by atoms with van der Waals surface area (Å²) >= 11 is 0. The highest BCUT2D eigenvalue weighted by Crippen LogP contribution is 2.29. The highest BCUT2D eigenvalue weighted by atomic mass is 16.5. The van der Waals surface area contributed by atoms with Crippen molar-refractivity contribution < 1.29 is 19.7 Å². The first kappa shape index (κ1) is 21.4. The summed E-state index contributed by atoms with van der Waals surface area (Å²) in [6, 6.07) is 6.11. The number of ether oxygens (including phenoxy) is 2. The Kier molecular flexibility index (Phi) is 8.40. The van der Waals surface area contributed by atoms with Crippen molar-refractivity contribution in [2.75, 3.05) is 46.4 Å². The number of β-amino-alcohol motifs (C(OH)–C–C–N with tert-alkyl or cyclic N) is 1. The quantitative estimate of drug-likeness (QED) is 0.708. The van der Waals surface area contributed by atoms with Crippen LogP contribution in [0.4, 0.5) is 0 Å². The van der Waals surface area contributed by atoms with Crippen LogP contribution in [0.2, 0.25) is 0 Å². The zero-order chi connectivity index (χ0) is 19.8. The Balaban J connectivity index is 1.49. The molecule has 0 aromatic heterocycles. The van der Waals surface area contributed by atoms with E-state index < -0.39 is 6.10 Å². The molecule has 2 saturated heterocycles. The first-order valence-corrected chi connectivity index (χ1v) is 10.7. The Labute approximate surface area is 169 Å². The van der Waals surface area contributed by atoms with Crippen LogP contribution in [0.1, 0.15) is 44.1 Å². The Morgan fingerprint density at radius 2 is 1.71 bits per heavy atom. The number of methoxy groups -OCH3 is 1. The van der Waals surface area contributed by atoms with E-state index in [1.165, 1.54) is 44.3 Å². The summed E-state index contributed by atoms with van der Waals surface area (Å²) in [5, 5.41) is 19.9. The fourth-order valence-corrected chi connectivity index (χ4v) is 4.12. The summed E-state index contributed by atoms with van der Waals surface area (Å²) in [7, 11) is 1.66. The molecule has 3 rings (SSSR count). The van der Waals surface area contributed by atoms with Gasteiger partial charge in [-0.2, -0.15) is 0 Å². The third-order valence-corrected chi connectivity index (χ3v) is 5.79. The molecule has 1 aromatic carbocycles. The lowest BCUT2D eigenvalue weighted by Crippen LogP contribution is -2.41. The van der Waals surface area contributed by atoms with Gasteiger partial charge in [0.05, 0.1) is 13.2 Å². The van der Waals surface area contributed by atoms with E-state index in [0.717, 1.165) is 38.2 Å². The molecular formula is C22H36N2O4. The maximum absolute atomic E-state index is 10.3. The minimum Gasteiger partial charge on any atom is -0.493 e. The van der Waals surface area contributed by atoms with Gasteiger partial charge in [0.2, 0.25) is 0 Å². The number of aliphatic hydroxyl groups excluding tert-OH is 2. The van der Waals surface area contributed by atoms with Crippen molar-refractivity contribution >= 4 is 0 Å². The van der Waals surface area contributed by atoms with Gasteiger partial charge in [-0.05, 0) is 56.5 Å². The van der Waals surface area contributed by atoms with Gasteiger partial charge in [-0.25, -0.2) is 0 Å². The van der Waals surface area contributed by atoms with Crippen LogP contribution >= 0.6 is 0 Å². The van der Waals surface area contributed by atoms with Crippen LogP contribution in [0, 0.1) is 0 Å². The summed E-state index contributed by atoms with van der Waals surface area (Å²) in [5.41, 5.74) is 1.23. The predicted molar refractivity (Wildman–Crippen MR) is 110 cm³/mol. The van der Waals surface area contributed by atoms with Crippen LogP contribution in [0.25, 0.3) is 0 Å². The molecular weight excluding hydrogens is 356 g/mol. The molecule has 0 saturated carbocycles. The fourth-order valence-electron chi connectivity index (χ4n) is 4.12. The van der Waals surface area contributed by atoms with Crippen molar-refractivity contribution in [3.63, 3.8) is 0 Å². The minimum atomic E-state index is -0.559. The third-order valence-electron chi connectivity index (χ3n) is 5.79. The van der Waals surface area contributed by atoms with E-state index in [0.29, 0.717) is 12.3 Å². The summed E-state index contributed by atoms with van der Waals surface area (Å²) in [5.74, 6) is 1.40. The maximum atomic E-state index is 10.3. The maximum Gasteiger partial charge on any atom is 0.161 e. The lowest BCUT2D eigenvalue weighted by atomic mass is 10.1. The number of nitrogens with zero attached hydrogens (tertiary/aromatic N) is 2. The molecule has 6 nitrogen and oxygen atoms in total. The molecule has 1 aromatic rings. The van der Waals surface area contributed by atoms with Crippen molar-refractivity contribution in [1.29, 1.82) is 0 Å². The molecule has 0 radical (unpaired) electrons. The summed E-state index contributed by atoms with van der Waals surface area (Å²) in [6.45, 7) is 5.74. The first-order valence-electron chi connectivity index (χ1n) is 10.7. The van der Waals surface area contributed by atoms with E-state index in [2.05, 4.69) is 21.9 Å². The second-order valence-electron chi connectivity index (χ2n) is 8.17. The molecule has 2 aliphatic heterocycles. The summed E-state index contributed by atoms with van der Waals surface area (Å²) < 4.78 is 11.4. The van der Waals surface area contributed by atoms with Crippen LogP contribution in [0.5, 0.6) is 11.5 Å². The van der Waals surface area contributed by atoms with E-state index >= 15 is 0 Å². The van der Waals surface area contributed by atoms with Gasteiger partial charge in [-0.15, -0.1) is 0 Å². The van der Waals surface area contributed by atoms with Crippen LogP contribution in [0.3, 0.4) is 0 Å². The number of piperidine rings is 1. The number of aliphatic hydroxyl groups is 2. The third kappa shape index (κ3) is 6.62. The van der Waals surface area contributed by atoms with Crippen molar-refractivity contribution in [3.05, 3.63) is 23.8 Å². The van der Waals surface area contributed by atoms with E-state index in [9.17, 15) is 10.2 Å². The molecule has 1 atom stereocenters. The zero-order valence-electron chi connectivity index (χ0n) is 17.2. The van der Waals surface area contributed by atoms with Gasteiger partial charge in [0, 0.05) is 26.2 Å². The second kappa shape index (κ2) is 11.0. The molecule has 2 fully saturated rings. The smallest absolute Gasteiger partial charge is 0.161 e. The van der Waals surface area contributed by atoms with Crippen molar-refractivity contribution in [3.8, 4) is 11.5 Å². The van der Waals surface area contributed by atoms with Gasteiger partial charge in [0.15, 0.2) is 11.5 Å². The van der Waals surface area contributed by atoms with E-state index in [1.54, 1.807) is 7.11 Å². The number of benzene rings is 1. The molecule has 2 N–H and O–H groups in total. The average molecular weight is 393 g/mol. The first-order chi connectivity index (χ1) is 13.6. The molecule has 0 amide bonds. The van der Waals surface area contributed by atoms with Crippen molar-refractivity contribution in [2.24, 2.45) is 0 Å². The number of hydrogen-bond acceptors (Lipinski definition) is 6. The van der Waals surface area contributed by atoms with Gasteiger partial charge in [-0.3, -0.25) is 4.90 Å². The van der Waals surface area contributed by atoms with Gasteiger partial charge in [-0.1, -0.05) is 18.9 Å². The standard InChI is InChI=1S/C22H36N2O4/c1-27-22-14-18(15-23-10-4-2-3-5-11-23)6-7-21(22)28-17-20(26)16-24-12-8-19(25)9-13-24/h6-7,14,19-20,25-26H,2-5,8-13,15-17H2,1H3/t20-/m0/s1. The average Bonchev–Trinajstić information content (AvgIpc) is 2.97. The molecule has 2 aliphatic rings. The molecule has 2 heterocycles. The van der Waals surface area contributed by atoms with Crippen LogP contribution < -0.4 is 9.47 Å². The van der Waals surface area contributed by atoms with Crippen LogP contribution in [-0.2, 0) is 6.54 Å². The van der Waals surface area contributed by atoms with Gasteiger partial charge in [0.1, 0.15) is 12.7 Å². The molecule has 6 heteroatoms. The lowest BCUT2D eigenvalue weighted by molar-refractivity contribution is 0.0333. The van der Waals surface area contributed by atoms with Gasteiger partial charge < -0.3 is 24.6 Å². The predicted octanol–water partition coefficient (Wildman–Crippen LogP) is 2.27. The van der Waals surface area contributed by atoms with E-state index in [1.807, 2.05) is 6.07 Å². The summed E-state index contributed by atoms with van der Waals surface area (Å²) in [4.78, 5) is 4.70. The number of rotatable bonds is 8. The van der Waals surface area contributed by atoms with Crippen LogP contribution in [-0.4, -0.2) is 78.7 Å².